The van der Waals surface area contributed by atoms with Gasteiger partial charge in [-0.25, -0.2) is 0 Å². The number of carbonyl (C=O) groups is 1. The average molecular weight is 150 g/mol. The Kier molecular flexibility index (Phi) is 1.23. The maximum atomic E-state index is 10.5. The van der Waals surface area contributed by atoms with Crippen LogP contribution in [0.2, 0.25) is 0 Å². The van der Waals surface area contributed by atoms with E-state index in [0.717, 1.165) is 0 Å². The average Bonchev–Trinajstić information content (AvgIpc) is 1.79. The van der Waals surface area contributed by atoms with Gasteiger partial charge in [0.15, 0.2) is 0 Å². The van der Waals surface area contributed by atoms with Crippen molar-refractivity contribution in [2.45, 2.75) is 18.6 Å². The Bertz CT molecular complexity index is 227. The van der Waals surface area contributed by atoms with Gasteiger partial charge in [0, 0.05) is 0 Å². The molecule has 0 bridgehead atoms. The molecular formula is C4H6O4S. The standard InChI is InChI=1S/C4H6O4S/c1-3-2-4(5)8-9(3,6)7/h3H,2H2,1H3. The Morgan fingerprint density at radius 1 is 1.67 bits per heavy atom. The molecule has 1 aliphatic heterocycles. The molecule has 5 heteroatoms. The molecule has 0 saturated carbocycles. The maximum Gasteiger partial charge on any atom is 0.323 e. The van der Waals surface area contributed by atoms with Crippen LogP contribution in [0.5, 0.6) is 0 Å². The lowest BCUT2D eigenvalue weighted by atomic mass is 10.3. The molecule has 9 heavy (non-hydrogen) atoms. The molecule has 0 aromatic heterocycles. The van der Waals surface area contributed by atoms with Gasteiger partial charge in [-0.05, 0) is 6.92 Å². The van der Waals surface area contributed by atoms with Gasteiger partial charge in [-0.1, -0.05) is 0 Å². The van der Waals surface area contributed by atoms with Gasteiger partial charge < -0.3 is 4.18 Å². The topological polar surface area (TPSA) is 60.4 Å². The van der Waals surface area contributed by atoms with Crippen LogP contribution in [0.15, 0.2) is 0 Å². The first kappa shape index (κ1) is 6.54. The van der Waals surface area contributed by atoms with Crippen molar-refractivity contribution < 1.29 is 17.4 Å². The third kappa shape index (κ3) is 1.05. The molecule has 0 N–H and O–H groups in total. The van der Waals surface area contributed by atoms with Crippen LogP contribution in [-0.2, 0) is 19.1 Å². The van der Waals surface area contributed by atoms with Crippen molar-refractivity contribution >= 4 is 16.1 Å². The number of hydrogen-bond donors (Lipinski definition) is 0. The first-order chi connectivity index (χ1) is 4.02. The van der Waals surface area contributed by atoms with Crippen LogP contribution in [0.1, 0.15) is 13.3 Å². The van der Waals surface area contributed by atoms with E-state index in [-0.39, 0.29) is 6.42 Å². The first-order valence-corrected chi connectivity index (χ1v) is 3.95. The summed E-state index contributed by atoms with van der Waals surface area (Å²) in [5.41, 5.74) is 0. The predicted octanol–water partition coefficient (Wildman–Crippen LogP) is -0.348. The molecule has 1 aliphatic rings. The fourth-order valence-electron chi connectivity index (χ4n) is 0.582. The summed E-state index contributed by atoms with van der Waals surface area (Å²) in [5, 5.41) is -0.662. The summed E-state index contributed by atoms with van der Waals surface area (Å²) in [4.78, 5) is 10.3. The summed E-state index contributed by atoms with van der Waals surface area (Å²) in [6, 6.07) is 0. The van der Waals surface area contributed by atoms with Crippen molar-refractivity contribution in [3.63, 3.8) is 0 Å². The largest absolute Gasteiger partial charge is 0.345 e. The quantitative estimate of drug-likeness (QED) is 0.443. The minimum Gasteiger partial charge on any atom is -0.345 e. The molecular weight excluding hydrogens is 144 g/mol. The molecule has 0 spiro atoms. The van der Waals surface area contributed by atoms with Gasteiger partial charge >= 0.3 is 16.1 Å². The van der Waals surface area contributed by atoms with Crippen LogP contribution in [0.3, 0.4) is 0 Å². The van der Waals surface area contributed by atoms with Gasteiger partial charge in [-0.3, -0.25) is 4.79 Å². The van der Waals surface area contributed by atoms with Crippen molar-refractivity contribution in [2.24, 2.45) is 0 Å². The molecule has 1 rings (SSSR count). The molecule has 0 aromatic carbocycles. The number of hydrogen-bond acceptors (Lipinski definition) is 4. The van der Waals surface area contributed by atoms with Crippen molar-refractivity contribution in [3.8, 4) is 0 Å². The van der Waals surface area contributed by atoms with E-state index in [9.17, 15) is 13.2 Å². The van der Waals surface area contributed by atoms with Crippen molar-refractivity contribution in [1.82, 2.24) is 0 Å². The highest BCUT2D eigenvalue weighted by atomic mass is 32.2. The van der Waals surface area contributed by atoms with Gasteiger partial charge in [0.1, 0.15) is 5.25 Å². The summed E-state index contributed by atoms with van der Waals surface area (Å²) in [6.45, 7) is 1.44. The first-order valence-electron chi connectivity index (χ1n) is 2.48. The number of rotatable bonds is 0. The third-order valence-corrected chi connectivity index (χ3v) is 2.73. The molecule has 1 heterocycles. The molecule has 1 atom stereocenters. The molecule has 52 valence electrons. The second-order valence-electron chi connectivity index (χ2n) is 1.96. The SMILES string of the molecule is CC1CC(=O)OS1(=O)=O. The highest BCUT2D eigenvalue weighted by Gasteiger charge is 2.35. The van der Waals surface area contributed by atoms with Gasteiger partial charge in [0.25, 0.3) is 0 Å². The van der Waals surface area contributed by atoms with Crippen molar-refractivity contribution in [2.75, 3.05) is 0 Å². The van der Waals surface area contributed by atoms with Crippen LogP contribution in [0.25, 0.3) is 0 Å². The van der Waals surface area contributed by atoms with E-state index in [4.69, 9.17) is 0 Å². The highest BCUT2D eigenvalue weighted by molar-refractivity contribution is 7.88. The van der Waals surface area contributed by atoms with Gasteiger partial charge in [0.2, 0.25) is 0 Å². The Morgan fingerprint density at radius 3 is 2.33 bits per heavy atom. The molecule has 1 saturated heterocycles. The molecule has 4 nitrogen and oxygen atoms in total. The molecule has 1 unspecified atom stereocenters. The maximum absolute atomic E-state index is 10.5. The van der Waals surface area contributed by atoms with E-state index in [1.165, 1.54) is 6.92 Å². The fraction of sp³-hybridized carbons (Fsp3) is 0.750. The van der Waals surface area contributed by atoms with E-state index < -0.39 is 21.3 Å². The molecule has 0 amide bonds. The lowest BCUT2D eigenvalue weighted by molar-refractivity contribution is -0.131. The van der Waals surface area contributed by atoms with Crippen LogP contribution in [-0.4, -0.2) is 19.6 Å². The zero-order valence-electron chi connectivity index (χ0n) is 4.83. The van der Waals surface area contributed by atoms with Crippen LogP contribution in [0.4, 0.5) is 0 Å². The normalized spacial score (nSPS) is 32.1. The second-order valence-corrected chi connectivity index (χ2v) is 3.92. The van der Waals surface area contributed by atoms with E-state index in [1.807, 2.05) is 0 Å². The van der Waals surface area contributed by atoms with Gasteiger partial charge in [-0.2, -0.15) is 8.42 Å². The zero-order chi connectivity index (χ0) is 7.07. The highest BCUT2D eigenvalue weighted by Crippen LogP contribution is 2.17. The Morgan fingerprint density at radius 2 is 2.22 bits per heavy atom. The van der Waals surface area contributed by atoms with E-state index in [2.05, 4.69) is 4.18 Å². The molecule has 0 aliphatic carbocycles. The minimum atomic E-state index is -3.52. The van der Waals surface area contributed by atoms with Crippen molar-refractivity contribution in [1.29, 1.82) is 0 Å². The van der Waals surface area contributed by atoms with E-state index >= 15 is 0 Å². The Labute approximate surface area is 52.9 Å². The Balaban J connectivity index is 2.95. The molecule has 0 radical (unpaired) electrons. The third-order valence-electron chi connectivity index (χ3n) is 1.16. The van der Waals surface area contributed by atoms with Crippen LogP contribution >= 0.6 is 0 Å². The summed E-state index contributed by atoms with van der Waals surface area (Å²) in [6.07, 6.45) is -0.0116. The van der Waals surface area contributed by atoms with Crippen LogP contribution < -0.4 is 0 Å². The van der Waals surface area contributed by atoms with E-state index in [1.54, 1.807) is 0 Å². The molecule has 0 aromatic rings. The lowest BCUT2D eigenvalue weighted by Gasteiger charge is -1.92. The summed E-state index contributed by atoms with van der Waals surface area (Å²) in [5.74, 6) is -0.650. The zero-order valence-corrected chi connectivity index (χ0v) is 5.64. The Hall–Kier alpha value is -0.580. The minimum absolute atomic E-state index is 0.0116. The smallest absolute Gasteiger partial charge is 0.323 e. The van der Waals surface area contributed by atoms with Crippen molar-refractivity contribution in [3.05, 3.63) is 0 Å². The summed E-state index contributed by atoms with van der Waals surface area (Å²) < 4.78 is 25.1. The molecule has 1 fully saturated rings. The fourth-order valence-corrected chi connectivity index (χ4v) is 1.41. The van der Waals surface area contributed by atoms with E-state index in [0.29, 0.717) is 0 Å². The lowest BCUT2D eigenvalue weighted by Crippen LogP contribution is -2.09. The second kappa shape index (κ2) is 1.70. The monoisotopic (exact) mass is 150 g/mol. The van der Waals surface area contributed by atoms with Gasteiger partial charge in [-0.15, -0.1) is 0 Å². The van der Waals surface area contributed by atoms with Gasteiger partial charge in [0.05, 0.1) is 6.42 Å². The number of carbonyl (C=O) groups excluding carboxylic acids is 1. The van der Waals surface area contributed by atoms with Crippen LogP contribution in [0, 0.1) is 0 Å². The summed E-state index contributed by atoms with van der Waals surface area (Å²) in [7, 11) is -3.52. The predicted molar refractivity (Wildman–Crippen MR) is 29.1 cm³/mol. The summed E-state index contributed by atoms with van der Waals surface area (Å²) >= 11 is 0.